The first kappa shape index (κ1) is 14.4. The van der Waals surface area contributed by atoms with E-state index in [0.29, 0.717) is 11.3 Å². The third-order valence-corrected chi connectivity index (χ3v) is 2.94. The molecule has 1 amide bonds. The van der Waals surface area contributed by atoms with Gasteiger partial charge in [-0.2, -0.15) is 5.26 Å². The number of nitrogens with zero attached hydrogens (tertiary/aromatic N) is 1. The van der Waals surface area contributed by atoms with Crippen molar-refractivity contribution in [3.05, 3.63) is 65.2 Å². The number of rotatable bonds is 3. The zero-order chi connectivity index (χ0) is 15.2. The molecule has 0 saturated carbocycles. The molecular formula is C17H14N2O2. The molecule has 0 unspecified atom stereocenters. The maximum Gasteiger partial charge on any atom is 0.266 e. The van der Waals surface area contributed by atoms with Crippen LogP contribution in [-0.2, 0) is 4.79 Å². The first-order valence-electron chi connectivity index (χ1n) is 6.38. The number of aryl methyl sites for hydroxylation is 1. The van der Waals surface area contributed by atoms with Crippen LogP contribution in [0.3, 0.4) is 0 Å². The van der Waals surface area contributed by atoms with Gasteiger partial charge in [0.15, 0.2) is 0 Å². The van der Waals surface area contributed by atoms with Crippen LogP contribution in [0.2, 0.25) is 0 Å². The van der Waals surface area contributed by atoms with Gasteiger partial charge in [0.1, 0.15) is 17.4 Å². The highest BCUT2D eigenvalue weighted by atomic mass is 16.3. The summed E-state index contributed by atoms with van der Waals surface area (Å²) in [5, 5.41) is 21.2. The number of carbonyl (C=O) groups is 1. The van der Waals surface area contributed by atoms with E-state index >= 15 is 0 Å². The Kier molecular flexibility index (Phi) is 4.37. The van der Waals surface area contributed by atoms with Crippen LogP contribution in [0.4, 0.5) is 5.69 Å². The lowest BCUT2D eigenvalue weighted by molar-refractivity contribution is -0.112. The fourth-order valence-corrected chi connectivity index (χ4v) is 1.83. The largest absolute Gasteiger partial charge is 0.508 e. The zero-order valence-electron chi connectivity index (χ0n) is 11.5. The number of benzene rings is 2. The molecule has 0 fully saturated rings. The zero-order valence-corrected chi connectivity index (χ0v) is 11.5. The molecule has 104 valence electrons. The standard InChI is InChI=1S/C17H14N2O2/c1-12-5-2-3-8-16(12)19-17(21)14(11-18)9-13-6-4-7-15(20)10-13/h2-10,20H,1H3,(H,19,21)/b14-9+. The summed E-state index contributed by atoms with van der Waals surface area (Å²) in [5.41, 5.74) is 2.15. The molecule has 0 bridgehead atoms. The number of para-hydroxylation sites is 1. The molecule has 2 N–H and O–H groups in total. The van der Waals surface area contributed by atoms with Crippen molar-refractivity contribution in [3.63, 3.8) is 0 Å². The normalized spacial score (nSPS) is 10.8. The van der Waals surface area contributed by atoms with Crippen LogP contribution in [0.5, 0.6) is 5.75 Å². The Morgan fingerprint density at radius 1 is 1.24 bits per heavy atom. The Hall–Kier alpha value is -3.06. The minimum atomic E-state index is -0.477. The van der Waals surface area contributed by atoms with E-state index in [4.69, 9.17) is 5.26 Å². The number of carbonyl (C=O) groups excluding carboxylic acids is 1. The van der Waals surface area contributed by atoms with Crippen molar-refractivity contribution < 1.29 is 9.90 Å². The smallest absolute Gasteiger partial charge is 0.266 e. The van der Waals surface area contributed by atoms with Crippen LogP contribution in [0.25, 0.3) is 6.08 Å². The van der Waals surface area contributed by atoms with Crippen molar-refractivity contribution in [2.45, 2.75) is 6.92 Å². The molecule has 0 spiro atoms. The third kappa shape index (κ3) is 3.71. The fraction of sp³-hybridized carbons (Fsp3) is 0.0588. The molecule has 4 nitrogen and oxygen atoms in total. The minimum absolute atomic E-state index is 0.0242. The van der Waals surface area contributed by atoms with Gasteiger partial charge in [-0.15, -0.1) is 0 Å². The highest BCUT2D eigenvalue weighted by Crippen LogP contribution is 2.17. The second-order valence-corrected chi connectivity index (χ2v) is 4.53. The van der Waals surface area contributed by atoms with Gasteiger partial charge in [0, 0.05) is 5.69 Å². The molecule has 0 saturated heterocycles. The highest BCUT2D eigenvalue weighted by Gasteiger charge is 2.10. The minimum Gasteiger partial charge on any atom is -0.508 e. The maximum atomic E-state index is 12.1. The molecule has 0 atom stereocenters. The Bertz CT molecular complexity index is 742. The lowest BCUT2D eigenvalue weighted by Crippen LogP contribution is -2.14. The molecule has 2 aromatic rings. The van der Waals surface area contributed by atoms with Crippen LogP contribution in [0.1, 0.15) is 11.1 Å². The molecule has 0 aliphatic carbocycles. The number of anilines is 1. The van der Waals surface area contributed by atoms with E-state index in [1.165, 1.54) is 18.2 Å². The van der Waals surface area contributed by atoms with Gasteiger partial charge in [0.2, 0.25) is 0 Å². The van der Waals surface area contributed by atoms with Crippen LogP contribution in [0.15, 0.2) is 54.1 Å². The molecule has 0 radical (unpaired) electrons. The second-order valence-electron chi connectivity index (χ2n) is 4.53. The molecule has 0 heterocycles. The SMILES string of the molecule is Cc1ccccc1NC(=O)/C(C#N)=C/c1cccc(O)c1. The highest BCUT2D eigenvalue weighted by molar-refractivity contribution is 6.09. The number of nitrogens with one attached hydrogen (secondary N) is 1. The molecule has 2 rings (SSSR count). The number of hydrogen-bond donors (Lipinski definition) is 2. The van der Waals surface area contributed by atoms with Crippen molar-refractivity contribution in [2.24, 2.45) is 0 Å². The van der Waals surface area contributed by atoms with Crippen molar-refractivity contribution >= 4 is 17.7 Å². The average Bonchev–Trinajstić information content (AvgIpc) is 2.47. The number of phenols is 1. The van der Waals surface area contributed by atoms with Gasteiger partial charge in [-0.05, 0) is 42.3 Å². The van der Waals surface area contributed by atoms with Gasteiger partial charge in [0.25, 0.3) is 5.91 Å². The molecule has 21 heavy (non-hydrogen) atoms. The van der Waals surface area contributed by atoms with Gasteiger partial charge >= 0.3 is 0 Å². The van der Waals surface area contributed by atoms with E-state index in [0.717, 1.165) is 5.56 Å². The Labute approximate surface area is 123 Å². The molecule has 4 heteroatoms. The molecule has 0 aliphatic heterocycles. The van der Waals surface area contributed by atoms with Crippen LogP contribution < -0.4 is 5.32 Å². The van der Waals surface area contributed by atoms with Crippen LogP contribution >= 0.6 is 0 Å². The molecule has 0 aromatic heterocycles. The predicted molar refractivity (Wildman–Crippen MR) is 81.5 cm³/mol. The van der Waals surface area contributed by atoms with Gasteiger partial charge in [-0.3, -0.25) is 4.79 Å². The summed E-state index contributed by atoms with van der Waals surface area (Å²) in [7, 11) is 0. The van der Waals surface area contributed by atoms with E-state index in [1.54, 1.807) is 18.2 Å². The van der Waals surface area contributed by atoms with Crippen molar-refractivity contribution in [1.82, 2.24) is 0 Å². The first-order chi connectivity index (χ1) is 10.1. The number of nitriles is 1. The molecule has 2 aromatic carbocycles. The van der Waals surface area contributed by atoms with Crippen molar-refractivity contribution in [1.29, 1.82) is 5.26 Å². The van der Waals surface area contributed by atoms with Gasteiger partial charge in [0.05, 0.1) is 0 Å². The monoisotopic (exact) mass is 278 g/mol. The van der Waals surface area contributed by atoms with E-state index < -0.39 is 5.91 Å². The van der Waals surface area contributed by atoms with E-state index in [1.807, 2.05) is 31.2 Å². The summed E-state index contributed by atoms with van der Waals surface area (Å²) in [5.74, 6) is -0.393. The van der Waals surface area contributed by atoms with Gasteiger partial charge in [-0.25, -0.2) is 0 Å². The van der Waals surface area contributed by atoms with Crippen LogP contribution in [0, 0.1) is 18.3 Å². The lowest BCUT2D eigenvalue weighted by Gasteiger charge is -2.07. The lowest BCUT2D eigenvalue weighted by atomic mass is 10.1. The van der Waals surface area contributed by atoms with E-state index in [2.05, 4.69) is 5.32 Å². The number of aromatic hydroxyl groups is 1. The average molecular weight is 278 g/mol. The topological polar surface area (TPSA) is 73.1 Å². The number of amides is 1. The summed E-state index contributed by atoms with van der Waals surface area (Å²) in [4.78, 5) is 12.1. The Morgan fingerprint density at radius 2 is 2.00 bits per heavy atom. The summed E-state index contributed by atoms with van der Waals surface area (Å²) in [6.07, 6.45) is 1.44. The van der Waals surface area contributed by atoms with Gasteiger partial charge < -0.3 is 10.4 Å². The summed E-state index contributed by atoms with van der Waals surface area (Å²) < 4.78 is 0. The molecular weight excluding hydrogens is 264 g/mol. The first-order valence-corrected chi connectivity index (χ1v) is 6.38. The summed E-state index contributed by atoms with van der Waals surface area (Å²) in [6.45, 7) is 1.88. The molecule has 0 aliphatic rings. The van der Waals surface area contributed by atoms with Crippen molar-refractivity contribution in [3.8, 4) is 11.8 Å². The van der Waals surface area contributed by atoms with E-state index in [-0.39, 0.29) is 11.3 Å². The quantitative estimate of drug-likeness (QED) is 0.668. The van der Waals surface area contributed by atoms with Gasteiger partial charge in [-0.1, -0.05) is 30.3 Å². The number of hydrogen-bond acceptors (Lipinski definition) is 3. The fourth-order valence-electron chi connectivity index (χ4n) is 1.83. The number of phenolic OH excluding ortho intramolecular Hbond substituents is 1. The van der Waals surface area contributed by atoms with E-state index in [9.17, 15) is 9.90 Å². The Morgan fingerprint density at radius 3 is 2.67 bits per heavy atom. The summed E-state index contributed by atoms with van der Waals surface area (Å²) >= 11 is 0. The Balaban J connectivity index is 2.24. The predicted octanol–water partition coefficient (Wildman–Crippen LogP) is 3.25. The van der Waals surface area contributed by atoms with Crippen molar-refractivity contribution in [2.75, 3.05) is 5.32 Å². The summed E-state index contributed by atoms with van der Waals surface area (Å²) in [6, 6.07) is 15.6. The van der Waals surface area contributed by atoms with Crippen LogP contribution in [-0.4, -0.2) is 11.0 Å². The maximum absolute atomic E-state index is 12.1. The third-order valence-electron chi connectivity index (χ3n) is 2.94. The second kappa shape index (κ2) is 6.40.